The van der Waals surface area contributed by atoms with E-state index in [4.69, 9.17) is 10.5 Å². The van der Waals surface area contributed by atoms with Crippen LogP contribution in [0.5, 0.6) is 0 Å². The molecule has 11 heteroatoms. The summed E-state index contributed by atoms with van der Waals surface area (Å²) < 4.78 is 8.79. The highest BCUT2D eigenvalue weighted by molar-refractivity contribution is 5.97. The van der Waals surface area contributed by atoms with Gasteiger partial charge in [-0.2, -0.15) is 10.2 Å². The van der Waals surface area contributed by atoms with Gasteiger partial charge in [-0.15, -0.1) is 0 Å². The molecule has 6 rings (SSSR count). The second-order valence-electron chi connectivity index (χ2n) is 11.1. The largest absolute Gasteiger partial charge is 0.443 e. The monoisotopic (exact) mass is 495 g/mol. The summed E-state index contributed by atoms with van der Waals surface area (Å²) in [6.45, 7) is 5.21. The molecular formula is C25H33N7O4. The van der Waals surface area contributed by atoms with E-state index in [1.165, 1.54) is 13.1 Å². The molecule has 2 heterocycles. The zero-order valence-corrected chi connectivity index (χ0v) is 20.8. The summed E-state index contributed by atoms with van der Waals surface area (Å²) >= 11 is 0. The fraction of sp³-hybridized carbons (Fsp3) is 0.560. The van der Waals surface area contributed by atoms with Crippen molar-refractivity contribution in [3.63, 3.8) is 0 Å². The standard InChI is InChI=1S/C25H33N7O4/c1-15(33)30-24(2,3)5-8-32-22(31-7-4-6-27-31)19(14-28-32)21(34)29-20-17-9-16-10-18(20)13-25(11-16,12-17)36-23(26)35/h4-8,14,16-18,20H,9-13H2,1-3H3,(H2,26,35)(H,29,34)(H,30,33). The van der Waals surface area contributed by atoms with Gasteiger partial charge in [-0.1, -0.05) is 0 Å². The predicted octanol–water partition coefficient (Wildman–Crippen LogP) is 2.23. The molecule has 0 radical (unpaired) electrons. The Morgan fingerprint density at radius 3 is 2.53 bits per heavy atom. The number of nitrogens with zero attached hydrogens (tertiary/aromatic N) is 4. The van der Waals surface area contributed by atoms with Crippen LogP contribution < -0.4 is 16.4 Å². The van der Waals surface area contributed by atoms with E-state index in [0.29, 0.717) is 17.3 Å². The molecule has 0 aliphatic heterocycles. The first-order valence-corrected chi connectivity index (χ1v) is 12.4. The maximum Gasteiger partial charge on any atom is 0.405 e. The first-order valence-electron chi connectivity index (χ1n) is 12.4. The lowest BCUT2D eigenvalue weighted by atomic mass is 9.52. The van der Waals surface area contributed by atoms with E-state index in [0.717, 1.165) is 32.1 Å². The predicted molar refractivity (Wildman–Crippen MR) is 131 cm³/mol. The molecule has 2 unspecified atom stereocenters. The van der Waals surface area contributed by atoms with E-state index >= 15 is 0 Å². The molecule has 3 amide bonds. The van der Waals surface area contributed by atoms with E-state index in [1.807, 2.05) is 19.9 Å². The van der Waals surface area contributed by atoms with Crippen molar-refractivity contribution < 1.29 is 19.1 Å². The summed E-state index contributed by atoms with van der Waals surface area (Å²) in [7, 11) is 0. The Bertz CT molecular complexity index is 1180. The van der Waals surface area contributed by atoms with E-state index in [1.54, 1.807) is 34.0 Å². The summed E-state index contributed by atoms with van der Waals surface area (Å²) in [5.41, 5.74) is 4.68. The normalized spacial score (nSPS) is 28.9. The lowest BCUT2D eigenvalue weighted by Crippen LogP contribution is -2.63. The van der Waals surface area contributed by atoms with Crippen molar-refractivity contribution in [1.29, 1.82) is 0 Å². The molecule has 192 valence electrons. The number of nitrogens with two attached hydrogens (primary N) is 1. The second kappa shape index (κ2) is 8.79. The molecular weight excluding hydrogens is 462 g/mol. The third-order valence-electron chi connectivity index (χ3n) is 7.70. The highest BCUT2D eigenvalue weighted by Gasteiger charge is 2.57. The van der Waals surface area contributed by atoms with Crippen molar-refractivity contribution in [2.45, 2.75) is 70.1 Å². The zero-order valence-electron chi connectivity index (χ0n) is 20.8. The molecule has 4 bridgehead atoms. The Hall–Kier alpha value is -3.63. The number of primary amides is 1. The summed E-state index contributed by atoms with van der Waals surface area (Å²) in [6, 6.07) is 1.78. The maximum atomic E-state index is 13.6. The van der Waals surface area contributed by atoms with Crippen LogP contribution >= 0.6 is 0 Å². The number of carbonyl (C=O) groups excluding carboxylic acids is 3. The van der Waals surface area contributed by atoms with Crippen LogP contribution in [0.25, 0.3) is 12.0 Å². The van der Waals surface area contributed by atoms with Gasteiger partial charge in [0.2, 0.25) is 5.91 Å². The minimum Gasteiger partial charge on any atom is -0.443 e. The summed E-state index contributed by atoms with van der Waals surface area (Å²) in [4.78, 5) is 36.6. The van der Waals surface area contributed by atoms with Crippen molar-refractivity contribution in [2.75, 3.05) is 0 Å². The van der Waals surface area contributed by atoms with Crippen LogP contribution in [0, 0.1) is 17.8 Å². The van der Waals surface area contributed by atoms with E-state index in [-0.39, 0.29) is 29.7 Å². The van der Waals surface area contributed by atoms with Gasteiger partial charge >= 0.3 is 6.09 Å². The van der Waals surface area contributed by atoms with Crippen molar-refractivity contribution in [3.05, 3.63) is 36.3 Å². The van der Waals surface area contributed by atoms with Crippen LogP contribution in [0.4, 0.5) is 4.79 Å². The molecule has 4 saturated carbocycles. The molecule has 2 aromatic rings. The lowest BCUT2D eigenvalue weighted by molar-refractivity contribution is -0.137. The molecule has 4 aliphatic carbocycles. The van der Waals surface area contributed by atoms with Crippen LogP contribution in [0.15, 0.2) is 30.7 Å². The second-order valence-corrected chi connectivity index (χ2v) is 11.1. The number of nitrogens with one attached hydrogen (secondary N) is 2. The van der Waals surface area contributed by atoms with E-state index < -0.39 is 17.2 Å². The van der Waals surface area contributed by atoms with Gasteiger partial charge in [0, 0.05) is 31.6 Å². The number of ether oxygens (including phenoxy) is 1. The third kappa shape index (κ3) is 4.61. The molecule has 0 saturated heterocycles. The molecule has 11 nitrogen and oxygen atoms in total. The smallest absolute Gasteiger partial charge is 0.405 e. The van der Waals surface area contributed by atoms with Crippen LogP contribution in [0.3, 0.4) is 0 Å². The highest BCUT2D eigenvalue weighted by Crippen LogP contribution is 2.57. The molecule has 36 heavy (non-hydrogen) atoms. The van der Waals surface area contributed by atoms with Crippen molar-refractivity contribution >= 4 is 24.1 Å². The Morgan fingerprint density at radius 2 is 1.92 bits per heavy atom. The van der Waals surface area contributed by atoms with Crippen LogP contribution in [0.1, 0.15) is 63.2 Å². The first kappa shape index (κ1) is 24.1. The Morgan fingerprint density at radius 1 is 1.19 bits per heavy atom. The highest BCUT2D eigenvalue weighted by atomic mass is 16.6. The van der Waals surface area contributed by atoms with Gasteiger partial charge in [0.15, 0.2) is 5.82 Å². The number of amides is 3. The summed E-state index contributed by atoms with van der Waals surface area (Å²) in [6.07, 6.45) is 12.1. The van der Waals surface area contributed by atoms with Crippen molar-refractivity contribution in [1.82, 2.24) is 30.2 Å². The van der Waals surface area contributed by atoms with Gasteiger partial charge in [-0.05, 0) is 75.8 Å². The van der Waals surface area contributed by atoms with Crippen LogP contribution in [0.2, 0.25) is 0 Å². The number of carbonyl (C=O) groups is 3. The first-order chi connectivity index (χ1) is 17.0. The van der Waals surface area contributed by atoms with Crippen molar-refractivity contribution in [3.8, 4) is 5.82 Å². The van der Waals surface area contributed by atoms with Crippen LogP contribution in [-0.4, -0.2) is 54.7 Å². The Balaban J connectivity index is 1.38. The minimum atomic E-state index is -0.719. The number of hydrogen-bond acceptors (Lipinski definition) is 6. The number of hydrogen-bond donors (Lipinski definition) is 3. The molecule has 0 aromatic carbocycles. The van der Waals surface area contributed by atoms with Gasteiger partial charge in [0.05, 0.1) is 11.7 Å². The Labute approximate surface area is 209 Å². The van der Waals surface area contributed by atoms with Crippen LogP contribution in [-0.2, 0) is 9.53 Å². The average molecular weight is 496 g/mol. The molecule has 2 aromatic heterocycles. The SMILES string of the molecule is CC(=O)NC(C)(C)C=Cn1ncc(C(=O)NC2C3CC4CC2CC(OC(N)=O)(C4)C3)c1-n1cccn1. The average Bonchev–Trinajstić information content (AvgIpc) is 3.42. The molecule has 2 atom stereocenters. The third-order valence-corrected chi connectivity index (χ3v) is 7.70. The van der Waals surface area contributed by atoms with E-state index in [2.05, 4.69) is 20.8 Å². The molecule has 4 N–H and O–H groups in total. The van der Waals surface area contributed by atoms with Crippen molar-refractivity contribution in [2.24, 2.45) is 23.5 Å². The summed E-state index contributed by atoms with van der Waals surface area (Å²) in [5, 5.41) is 14.9. The lowest BCUT2D eigenvalue weighted by Gasteiger charge is -2.58. The van der Waals surface area contributed by atoms with Gasteiger partial charge in [0.25, 0.3) is 5.91 Å². The van der Waals surface area contributed by atoms with E-state index in [9.17, 15) is 14.4 Å². The maximum absolute atomic E-state index is 13.6. The van der Waals surface area contributed by atoms with Gasteiger partial charge < -0.3 is 21.1 Å². The fourth-order valence-electron chi connectivity index (χ4n) is 6.75. The summed E-state index contributed by atoms with van der Waals surface area (Å²) in [5.74, 6) is 1.11. The fourth-order valence-corrected chi connectivity index (χ4v) is 6.75. The molecule has 4 aliphatic rings. The Kier molecular flexibility index (Phi) is 5.88. The molecule has 0 spiro atoms. The number of rotatable bonds is 7. The topological polar surface area (TPSA) is 146 Å². The molecule has 4 fully saturated rings. The van der Waals surface area contributed by atoms with Gasteiger partial charge in [0.1, 0.15) is 11.2 Å². The van der Waals surface area contributed by atoms with Gasteiger partial charge in [-0.3, -0.25) is 9.59 Å². The van der Waals surface area contributed by atoms with Gasteiger partial charge in [-0.25, -0.2) is 14.2 Å². The minimum absolute atomic E-state index is 0.00159. The quantitative estimate of drug-likeness (QED) is 0.537. The zero-order chi connectivity index (χ0) is 25.7. The number of aromatic nitrogens is 4.